The van der Waals surface area contributed by atoms with E-state index in [0.717, 1.165) is 12.8 Å². The van der Waals surface area contributed by atoms with Crippen LogP contribution in [0.2, 0.25) is 0 Å². The zero-order valence-corrected chi connectivity index (χ0v) is 9.02. The Balaban J connectivity index is 2.71. The maximum Gasteiger partial charge on any atom is 0.143 e. The number of carbonyl (C=O) groups excluding carboxylic acids is 1. The van der Waals surface area contributed by atoms with E-state index in [1.165, 1.54) is 12.8 Å². The number of hydrogen-bond acceptors (Lipinski definition) is 1. The topological polar surface area (TPSA) is 17.1 Å². The summed E-state index contributed by atoms with van der Waals surface area (Å²) in [5, 5.41) is 0. The zero-order chi connectivity index (χ0) is 10.1. The van der Waals surface area contributed by atoms with E-state index in [1.54, 1.807) is 0 Å². The van der Waals surface area contributed by atoms with Crippen LogP contribution in [-0.2, 0) is 4.79 Å². The first-order valence-electron chi connectivity index (χ1n) is 5.17. The van der Waals surface area contributed by atoms with Crippen molar-refractivity contribution < 1.29 is 4.79 Å². The fourth-order valence-corrected chi connectivity index (χ4v) is 2.23. The van der Waals surface area contributed by atoms with Crippen LogP contribution in [0.4, 0.5) is 0 Å². The second-order valence-corrected chi connectivity index (χ2v) is 4.67. The molecule has 1 fully saturated rings. The molecule has 0 N–H and O–H groups in total. The molecule has 1 aliphatic carbocycles. The van der Waals surface area contributed by atoms with E-state index in [4.69, 9.17) is 0 Å². The number of unbranched alkanes of at least 4 members (excludes halogenated alkanes) is 1. The summed E-state index contributed by atoms with van der Waals surface area (Å²) in [6.07, 6.45) is 6.16. The third-order valence-electron chi connectivity index (χ3n) is 3.87. The molecule has 74 valence electrons. The Hall–Kier alpha value is -0.590. The summed E-state index contributed by atoms with van der Waals surface area (Å²) in [6, 6.07) is 0. The molecule has 0 bridgehead atoms. The van der Waals surface area contributed by atoms with Crippen LogP contribution in [0.25, 0.3) is 0 Å². The van der Waals surface area contributed by atoms with Crippen molar-refractivity contribution >= 4 is 5.78 Å². The van der Waals surface area contributed by atoms with Crippen LogP contribution < -0.4 is 0 Å². The van der Waals surface area contributed by atoms with Crippen LogP contribution in [0.15, 0.2) is 12.7 Å². The second kappa shape index (κ2) is 3.28. The number of hydrogen-bond donors (Lipinski definition) is 0. The van der Waals surface area contributed by atoms with Crippen LogP contribution in [0.5, 0.6) is 0 Å². The summed E-state index contributed by atoms with van der Waals surface area (Å²) in [7, 11) is 0. The van der Waals surface area contributed by atoms with Crippen molar-refractivity contribution in [3.05, 3.63) is 12.7 Å². The summed E-state index contributed by atoms with van der Waals surface area (Å²) in [5.41, 5.74) is -0.0655. The van der Waals surface area contributed by atoms with Gasteiger partial charge in [0.15, 0.2) is 0 Å². The highest BCUT2D eigenvalue weighted by molar-refractivity contribution is 5.94. The lowest BCUT2D eigenvalue weighted by molar-refractivity contribution is -0.150. The highest BCUT2D eigenvalue weighted by Crippen LogP contribution is 2.57. The van der Waals surface area contributed by atoms with Crippen LogP contribution in [-0.4, -0.2) is 5.78 Å². The van der Waals surface area contributed by atoms with Gasteiger partial charge in [0.2, 0.25) is 0 Å². The Kier molecular flexibility index (Phi) is 2.65. The Morgan fingerprint density at radius 2 is 2.15 bits per heavy atom. The first-order valence-corrected chi connectivity index (χ1v) is 5.17. The van der Waals surface area contributed by atoms with Gasteiger partial charge in [-0.15, -0.1) is 6.58 Å². The highest BCUT2D eigenvalue weighted by Gasteiger charge is 2.57. The van der Waals surface area contributed by atoms with Gasteiger partial charge in [-0.3, -0.25) is 4.79 Å². The zero-order valence-electron chi connectivity index (χ0n) is 9.02. The molecule has 0 aromatic heterocycles. The largest absolute Gasteiger partial charge is 0.299 e. The van der Waals surface area contributed by atoms with E-state index in [0.29, 0.717) is 5.78 Å². The van der Waals surface area contributed by atoms with E-state index in [2.05, 4.69) is 20.4 Å². The Labute approximate surface area is 81.2 Å². The van der Waals surface area contributed by atoms with Gasteiger partial charge in [0.25, 0.3) is 0 Å². The first-order chi connectivity index (χ1) is 6.00. The van der Waals surface area contributed by atoms with Crippen molar-refractivity contribution in [2.75, 3.05) is 0 Å². The molecule has 0 aliphatic heterocycles. The molecule has 0 heterocycles. The van der Waals surface area contributed by atoms with Crippen molar-refractivity contribution in [2.45, 2.75) is 46.5 Å². The Bertz CT molecular complexity index is 231. The standard InChI is InChI=1S/C12H20O/c1-5-7-8-11(3)9-10(13)12(11,4)6-2/h6H,2,5,7-9H2,1,3-4H3. The smallest absolute Gasteiger partial charge is 0.143 e. The normalized spacial score (nSPS) is 38.5. The summed E-state index contributed by atoms with van der Waals surface area (Å²) < 4.78 is 0. The average Bonchev–Trinajstić information content (AvgIpc) is 2.13. The summed E-state index contributed by atoms with van der Waals surface area (Å²) in [5.74, 6) is 0.362. The lowest BCUT2D eigenvalue weighted by atomic mass is 9.49. The minimum Gasteiger partial charge on any atom is -0.299 e. The monoisotopic (exact) mass is 180 g/mol. The quantitative estimate of drug-likeness (QED) is 0.606. The van der Waals surface area contributed by atoms with Gasteiger partial charge >= 0.3 is 0 Å². The molecule has 0 radical (unpaired) electrons. The average molecular weight is 180 g/mol. The number of ketones is 1. The Morgan fingerprint density at radius 1 is 1.54 bits per heavy atom. The van der Waals surface area contributed by atoms with Crippen molar-refractivity contribution in [1.82, 2.24) is 0 Å². The third kappa shape index (κ3) is 1.34. The molecule has 1 aliphatic rings. The van der Waals surface area contributed by atoms with E-state index in [1.807, 2.05) is 13.0 Å². The molecule has 0 aromatic rings. The first kappa shape index (κ1) is 10.5. The minimum absolute atomic E-state index is 0.182. The summed E-state index contributed by atoms with van der Waals surface area (Å²) >= 11 is 0. The van der Waals surface area contributed by atoms with Gasteiger partial charge < -0.3 is 0 Å². The number of allylic oxidation sites excluding steroid dienone is 1. The van der Waals surface area contributed by atoms with E-state index < -0.39 is 0 Å². The third-order valence-corrected chi connectivity index (χ3v) is 3.87. The van der Waals surface area contributed by atoms with Crippen LogP contribution in [0.1, 0.15) is 46.5 Å². The molecule has 1 heteroatoms. The van der Waals surface area contributed by atoms with Gasteiger partial charge in [0.05, 0.1) is 0 Å². The molecule has 13 heavy (non-hydrogen) atoms. The molecule has 0 saturated heterocycles. The predicted molar refractivity (Wildman–Crippen MR) is 55.6 cm³/mol. The van der Waals surface area contributed by atoms with Gasteiger partial charge in [0, 0.05) is 11.8 Å². The predicted octanol–water partition coefficient (Wildman–Crippen LogP) is 3.35. The number of Topliss-reactive ketones (excluding diaryl/α,β-unsaturated/α-hetero) is 1. The van der Waals surface area contributed by atoms with Crippen molar-refractivity contribution in [1.29, 1.82) is 0 Å². The molecule has 2 atom stereocenters. The van der Waals surface area contributed by atoms with Gasteiger partial charge in [-0.05, 0) is 18.8 Å². The number of carbonyl (C=O) groups is 1. The minimum atomic E-state index is -0.248. The maximum atomic E-state index is 11.5. The second-order valence-electron chi connectivity index (χ2n) is 4.67. The molecular weight excluding hydrogens is 160 g/mol. The fraction of sp³-hybridized carbons (Fsp3) is 0.750. The molecule has 0 aromatic carbocycles. The van der Waals surface area contributed by atoms with Gasteiger partial charge in [-0.2, -0.15) is 0 Å². The molecule has 1 saturated carbocycles. The van der Waals surface area contributed by atoms with Crippen molar-refractivity contribution in [2.24, 2.45) is 10.8 Å². The summed E-state index contributed by atoms with van der Waals surface area (Å²) in [6.45, 7) is 10.2. The molecule has 1 nitrogen and oxygen atoms in total. The summed E-state index contributed by atoms with van der Waals surface area (Å²) in [4.78, 5) is 11.5. The number of rotatable bonds is 4. The van der Waals surface area contributed by atoms with Crippen LogP contribution in [0, 0.1) is 10.8 Å². The van der Waals surface area contributed by atoms with Gasteiger partial charge in [-0.25, -0.2) is 0 Å². The van der Waals surface area contributed by atoms with Gasteiger partial charge in [-0.1, -0.05) is 32.8 Å². The Morgan fingerprint density at radius 3 is 2.54 bits per heavy atom. The maximum absolute atomic E-state index is 11.5. The van der Waals surface area contributed by atoms with E-state index in [-0.39, 0.29) is 10.8 Å². The van der Waals surface area contributed by atoms with E-state index >= 15 is 0 Å². The molecule has 0 amide bonds. The van der Waals surface area contributed by atoms with Crippen LogP contribution in [0.3, 0.4) is 0 Å². The highest BCUT2D eigenvalue weighted by atomic mass is 16.1. The lowest BCUT2D eigenvalue weighted by Crippen LogP contribution is -2.54. The van der Waals surface area contributed by atoms with Gasteiger partial charge in [0.1, 0.15) is 5.78 Å². The molecular formula is C12H20O. The lowest BCUT2D eigenvalue weighted by Gasteiger charge is -2.53. The fourth-order valence-electron chi connectivity index (χ4n) is 2.23. The van der Waals surface area contributed by atoms with Crippen molar-refractivity contribution in [3.8, 4) is 0 Å². The van der Waals surface area contributed by atoms with Crippen molar-refractivity contribution in [3.63, 3.8) is 0 Å². The molecule has 1 rings (SSSR count). The SMILES string of the molecule is C=CC1(C)C(=O)CC1(C)CCCC. The molecule has 0 spiro atoms. The van der Waals surface area contributed by atoms with E-state index in [9.17, 15) is 4.79 Å². The molecule has 2 unspecified atom stereocenters. The van der Waals surface area contributed by atoms with Crippen LogP contribution >= 0.6 is 0 Å².